The van der Waals surface area contributed by atoms with Crippen molar-refractivity contribution in [2.75, 3.05) is 17.7 Å². The van der Waals surface area contributed by atoms with Crippen molar-refractivity contribution in [3.63, 3.8) is 0 Å². The number of rotatable bonds is 10. The summed E-state index contributed by atoms with van der Waals surface area (Å²) in [7, 11) is 1.61. The lowest BCUT2D eigenvalue weighted by Crippen LogP contribution is -2.38. The molecular weight excluding hydrogens is 423 g/mol. The van der Waals surface area contributed by atoms with Gasteiger partial charge in [-0.3, -0.25) is 9.78 Å². The highest BCUT2D eigenvalue weighted by Gasteiger charge is 2.20. The monoisotopic (exact) mass is 452 g/mol. The van der Waals surface area contributed by atoms with Gasteiger partial charge in [-0.25, -0.2) is 9.37 Å². The van der Waals surface area contributed by atoms with Crippen LogP contribution in [0.15, 0.2) is 48.8 Å². The predicted molar refractivity (Wildman–Crippen MR) is 128 cm³/mol. The number of anilines is 3. The van der Waals surface area contributed by atoms with Crippen molar-refractivity contribution < 1.29 is 13.9 Å². The number of amides is 1. The van der Waals surface area contributed by atoms with Crippen molar-refractivity contribution in [1.29, 1.82) is 0 Å². The number of nitrogens with one attached hydrogen (secondary N) is 2. The highest BCUT2D eigenvalue weighted by molar-refractivity contribution is 5.98. The molecule has 3 rings (SSSR count). The van der Waals surface area contributed by atoms with Crippen LogP contribution in [0.1, 0.15) is 37.0 Å². The van der Waals surface area contributed by atoms with Crippen LogP contribution in [0.3, 0.4) is 0 Å². The first-order valence-corrected chi connectivity index (χ1v) is 10.7. The quantitative estimate of drug-likeness (QED) is 0.365. The van der Waals surface area contributed by atoms with Gasteiger partial charge in [-0.05, 0) is 43.2 Å². The Hall–Kier alpha value is -3.72. The number of nitrogens with two attached hydrogens (primary N) is 2. The fourth-order valence-electron chi connectivity index (χ4n) is 3.41. The second-order valence-corrected chi connectivity index (χ2v) is 7.79. The molecule has 2 atom stereocenters. The zero-order valence-corrected chi connectivity index (χ0v) is 18.9. The molecule has 0 aliphatic carbocycles. The molecule has 0 saturated carbocycles. The molecule has 0 radical (unpaired) electrons. The van der Waals surface area contributed by atoms with Crippen molar-refractivity contribution in [3.05, 3.63) is 60.2 Å². The van der Waals surface area contributed by atoms with Crippen molar-refractivity contribution in [1.82, 2.24) is 9.97 Å². The maximum absolute atomic E-state index is 14.7. The van der Waals surface area contributed by atoms with E-state index in [9.17, 15) is 9.18 Å². The van der Waals surface area contributed by atoms with Crippen molar-refractivity contribution >= 4 is 23.2 Å². The van der Waals surface area contributed by atoms with Gasteiger partial charge in [0.1, 0.15) is 11.6 Å². The van der Waals surface area contributed by atoms with Crippen molar-refractivity contribution in [2.45, 2.75) is 38.8 Å². The van der Waals surface area contributed by atoms with E-state index in [-0.39, 0.29) is 29.3 Å². The summed E-state index contributed by atoms with van der Waals surface area (Å²) in [5.74, 6) is -0.610. The largest absolute Gasteiger partial charge is 0.497 e. The number of nitrogens with zero attached hydrogens (tertiary/aromatic N) is 2. The third kappa shape index (κ3) is 5.95. The minimum atomic E-state index is -0.799. The lowest BCUT2D eigenvalue weighted by atomic mass is 10.1. The van der Waals surface area contributed by atoms with Crippen LogP contribution in [-0.4, -0.2) is 35.1 Å². The van der Waals surface area contributed by atoms with Crippen molar-refractivity contribution in [2.24, 2.45) is 11.5 Å². The summed E-state index contributed by atoms with van der Waals surface area (Å²) in [5, 5.41) is 6.11. The Labute approximate surface area is 192 Å². The third-order valence-corrected chi connectivity index (χ3v) is 5.22. The predicted octanol–water partition coefficient (Wildman–Crippen LogP) is 4.06. The summed E-state index contributed by atoms with van der Waals surface area (Å²) < 4.78 is 19.9. The molecular formula is C24H29FN6O2. The van der Waals surface area contributed by atoms with Crippen LogP contribution in [0.4, 0.5) is 21.7 Å². The highest BCUT2D eigenvalue weighted by atomic mass is 19.1. The second-order valence-electron chi connectivity index (χ2n) is 7.79. The van der Waals surface area contributed by atoms with Gasteiger partial charge >= 0.3 is 0 Å². The van der Waals surface area contributed by atoms with E-state index in [4.69, 9.17) is 16.2 Å². The smallest absolute Gasteiger partial charge is 0.252 e. The number of ether oxygens (including phenoxy) is 1. The number of carbonyl (C=O) groups excluding carboxylic acids is 1. The molecule has 33 heavy (non-hydrogen) atoms. The first-order chi connectivity index (χ1) is 15.8. The van der Waals surface area contributed by atoms with Crippen LogP contribution in [0.5, 0.6) is 5.75 Å². The molecule has 1 aromatic carbocycles. The number of halogens is 1. The van der Waals surface area contributed by atoms with Crippen molar-refractivity contribution in [3.8, 4) is 16.9 Å². The molecule has 174 valence electrons. The van der Waals surface area contributed by atoms with Crippen LogP contribution in [0, 0.1) is 5.82 Å². The van der Waals surface area contributed by atoms with Gasteiger partial charge in [-0.2, -0.15) is 0 Å². The van der Waals surface area contributed by atoms with Gasteiger partial charge in [-0.1, -0.05) is 25.5 Å². The van der Waals surface area contributed by atoms with E-state index >= 15 is 0 Å². The van der Waals surface area contributed by atoms with Crippen LogP contribution >= 0.6 is 0 Å². The van der Waals surface area contributed by atoms with E-state index < -0.39 is 11.7 Å². The van der Waals surface area contributed by atoms with Gasteiger partial charge in [-0.15, -0.1) is 0 Å². The summed E-state index contributed by atoms with van der Waals surface area (Å²) in [6.07, 6.45) is 4.91. The summed E-state index contributed by atoms with van der Waals surface area (Å²) in [4.78, 5) is 20.6. The Morgan fingerprint density at radius 1 is 1.15 bits per heavy atom. The molecule has 3 aromatic rings. The first-order valence-electron chi connectivity index (χ1n) is 10.7. The molecule has 0 aliphatic rings. The van der Waals surface area contributed by atoms with Crippen LogP contribution in [0.2, 0.25) is 0 Å². The molecule has 9 heteroatoms. The van der Waals surface area contributed by atoms with E-state index in [0.29, 0.717) is 5.69 Å². The molecule has 8 nitrogen and oxygen atoms in total. The van der Waals surface area contributed by atoms with Gasteiger partial charge < -0.3 is 26.8 Å². The number of methoxy groups -OCH3 is 1. The minimum Gasteiger partial charge on any atom is -0.497 e. The average molecular weight is 453 g/mol. The normalized spacial score (nSPS) is 12.6. The summed E-state index contributed by atoms with van der Waals surface area (Å²) in [5.41, 5.74) is 13.8. The summed E-state index contributed by atoms with van der Waals surface area (Å²) in [6.45, 7) is 3.87. The topological polar surface area (TPSA) is 128 Å². The Bertz CT molecular complexity index is 1100. The Balaban J connectivity index is 1.94. The molecule has 6 N–H and O–H groups in total. The number of hydrogen-bond donors (Lipinski definition) is 4. The lowest BCUT2D eigenvalue weighted by molar-refractivity contribution is 0.100. The van der Waals surface area contributed by atoms with Gasteiger partial charge in [0, 0.05) is 23.8 Å². The fourth-order valence-corrected chi connectivity index (χ4v) is 3.41. The molecule has 0 aliphatic heterocycles. The first kappa shape index (κ1) is 23.9. The van der Waals surface area contributed by atoms with Crippen LogP contribution < -0.4 is 26.8 Å². The minimum absolute atomic E-state index is 0.00230. The van der Waals surface area contributed by atoms with E-state index in [1.54, 1.807) is 19.5 Å². The molecule has 1 amide bonds. The van der Waals surface area contributed by atoms with E-state index in [1.165, 1.54) is 0 Å². The van der Waals surface area contributed by atoms with E-state index in [1.807, 2.05) is 44.2 Å². The fraction of sp³-hybridized carbons (Fsp3) is 0.292. The molecule has 0 unspecified atom stereocenters. The number of pyridine rings is 2. The lowest BCUT2D eigenvalue weighted by Gasteiger charge is -2.23. The zero-order valence-electron chi connectivity index (χ0n) is 18.9. The second kappa shape index (κ2) is 10.7. The van der Waals surface area contributed by atoms with Crippen LogP contribution in [-0.2, 0) is 0 Å². The zero-order chi connectivity index (χ0) is 24.0. The molecule has 0 spiro atoms. The Kier molecular flexibility index (Phi) is 7.78. The average Bonchev–Trinajstić information content (AvgIpc) is 2.80. The maximum Gasteiger partial charge on any atom is 0.252 e. The SMILES string of the molecule is CCC[C@@H](Nc1nc(Nc2cncc(-c3ccc(OC)cc3)c2)c(C(N)=O)cc1F)[C@H](C)N. The Morgan fingerprint density at radius 2 is 1.88 bits per heavy atom. The number of aromatic nitrogens is 2. The maximum atomic E-state index is 14.7. The van der Waals surface area contributed by atoms with Gasteiger partial charge in [0.15, 0.2) is 11.6 Å². The molecule has 0 saturated heterocycles. The third-order valence-electron chi connectivity index (χ3n) is 5.22. The number of primary amides is 1. The van der Waals surface area contributed by atoms with E-state index in [2.05, 4.69) is 20.6 Å². The van der Waals surface area contributed by atoms with E-state index in [0.717, 1.165) is 35.8 Å². The number of hydrogen-bond acceptors (Lipinski definition) is 7. The Morgan fingerprint density at radius 3 is 2.48 bits per heavy atom. The number of benzene rings is 1. The van der Waals surface area contributed by atoms with Gasteiger partial charge in [0.2, 0.25) is 0 Å². The van der Waals surface area contributed by atoms with Crippen LogP contribution in [0.25, 0.3) is 11.1 Å². The van der Waals surface area contributed by atoms with Gasteiger partial charge in [0.25, 0.3) is 5.91 Å². The standard InChI is InChI=1S/C24H29FN6O2/c1-4-5-21(14(2)26)30-24-20(25)11-19(22(27)32)23(31-24)29-17-10-16(12-28-13-17)15-6-8-18(33-3)9-7-15/h6-14,21H,4-5,26H2,1-3H3,(H2,27,32)(H2,29,30,31)/t14-,21+/m0/s1. The highest BCUT2D eigenvalue weighted by Crippen LogP contribution is 2.28. The van der Waals surface area contributed by atoms with Gasteiger partial charge in [0.05, 0.1) is 24.6 Å². The molecule has 2 heterocycles. The molecule has 0 bridgehead atoms. The molecule has 0 fully saturated rings. The summed E-state index contributed by atoms with van der Waals surface area (Å²) in [6, 6.07) is 10.1. The molecule has 2 aromatic heterocycles. The summed E-state index contributed by atoms with van der Waals surface area (Å²) >= 11 is 0. The number of carbonyl (C=O) groups is 1.